The van der Waals surface area contributed by atoms with Crippen molar-refractivity contribution >= 4 is 16.9 Å². The van der Waals surface area contributed by atoms with Crippen LogP contribution < -0.4 is 10.6 Å². The summed E-state index contributed by atoms with van der Waals surface area (Å²) in [5, 5.41) is 11.9. The van der Waals surface area contributed by atoms with Gasteiger partial charge in [-0.15, -0.1) is 0 Å². The molecule has 0 amide bonds. The molecule has 1 aromatic carbocycles. The van der Waals surface area contributed by atoms with Gasteiger partial charge in [-0.3, -0.25) is 4.68 Å². The van der Waals surface area contributed by atoms with Crippen LogP contribution in [0.5, 0.6) is 0 Å². The maximum Gasteiger partial charge on any atom is 0.416 e. The summed E-state index contributed by atoms with van der Waals surface area (Å²) < 4.78 is 81.0. The predicted octanol–water partition coefficient (Wildman–Crippen LogP) is 6.20. The number of hydrogen-bond donors (Lipinski definition) is 2. The van der Waals surface area contributed by atoms with Gasteiger partial charge in [0.1, 0.15) is 5.82 Å². The van der Waals surface area contributed by atoms with E-state index in [9.17, 15) is 26.3 Å². The third-order valence-electron chi connectivity index (χ3n) is 6.93. The molecule has 194 valence electrons. The van der Waals surface area contributed by atoms with Crippen molar-refractivity contribution in [3.05, 3.63) is 52.2 Å². The number of nitrogens with one attached hydrogen (secondary N) is 2. The number of fused-ring (bicyclic) bond motifs is 1. The number of aryl methyl sites for hydroxylation is 2. The van der Waals surface area contributed by atoms with Crippen LogP contribution in [0.4, 0.5) is 32.2 Å². The molecule has 3 aromatic rings. The quantitative estimate of drug-likeness (QED) is 0.354. The average molecular weight is 512 g/mol. The van der Waals surface area contributed by atoms with Crippen molar-refractivity contribution in [3.8, 4) is 0 Å². The first kappa shape index (κ1) is 24.9. The van der Waals surface area contributed by atoms with Crippen molar-refractivity contribution in [2.45, 2.75) is 64.1 Å². The maximum atomic E-state index is 13.2. The number of hydrogen-bond acceptors (Lipinski definition) is 4. The number of alkyl halides is 6. The molecule has 5 rings (SSSR count). The van der Waals surface area contributed by atoms with Crippen molar-refractivity contribution in [2.75, 3.05) is 5.32 Å². The number of nitrogens with zero attached hydrogens (tertiary/aromatic N) is 3. The van der Waals surface area contributed by atoms with E-state index in [1.165, 1.54) is 25.7 Å². The summed E-state index contributed by atoms with van der Waals surface area (Å²) in [5.41, 5.74) is -0.414. The Kier molecular flexibility index (Phi) is 6.17. The molecule has 0 spiro atoms. The third-order valence-corrected chi connectivity index (χ3v) is 6.93. The van der Waals surface area contributed by atoms with Gasteiger partial charge in [-0.25, -0.2) is 4.98 Å². The summed E-state index contributed by atoms with van der Waals surface area (Å²) in [6.45, 7) is 1.93. The van der Waals surface area contributed by atoms with E-state index >= 15 is 0 Å². The molecule has 0 aliphatic heterocycles. The fourth-order valence-electron chi connectivity index (χ4n) is 4.80. The van der Waals surface area contributed by atoms with Crippen LogP contribution in [0.2, 0.25) is 0 Å². The summed E-state index contributed by atoms with van der Waals surface area (Å²) in [7, 11) is 1.81. The standard InChI is InChI=1S/C25H27F6N5/c1-13-20-9-17(12-32-11-14-7-18(24(26,27)28)10-19(8-14)25(29,30)31)22(34-23(20)36(2)35-13)33-21(15-3-4-15)16-5-6-16/h7-10,15-16,21,32H,3-6,11-12H2,1-2H3,(H,33,34). The number of rotatable bonds is 8. The van der Waals surface area contributed by atoms with Gasteiger partial charge in [-0.1, -0.05) is 0 Å². The average Bonchev–Trinajstić information content (AvgIpc) is 3.71. The molecule has 2 aliphatic rings. The molecule has 2 fully saturated rings. The molecule has 2 N–H and O–H groups in total. The second-order valence-corrected chi connectivity index (χ2v) is 9.94. The molecular weight excluding hydrogens is 484 g/mol. The van der Waals surface area contributed by atoms with Crippen molar-refractivity contribution in [3.63, 3.8) is 0 Å². The topological polar surface area (TPSA) is 54.8 Å². The van der Waals surface area contributed by atoms with E-state index in [1.807, 2.05) is 20.0 Å². The Hall–Kier alpha value is -2.82. The highest BCUT2D eigenvalue weighted by atomic mass is 19.4. The monoisotopic (exact) mass is 511 g/mol. The largest absolute Gasteiger partial charge is 0.416 e. The fraction of sp³-hybridized carbons (Fsp3) is 0.520. The smallest absolute Gasteiger partial charge is 0.366 e. The van der Waals surface area contributed by atoms with Crippen molar-refractivity contribution in [1.82, 2.24) is 20.1 Å². The molecule has 2 aromatic heterocycles. The van der Waals surface area contributed by atoms with Crippen LogP contribution in [0.3, 0.4) is 0 Å². The second kappa shape index (κ2) is 8.93. The normalized spacial score (nSPS) is 16.8. The molecule has 2 heterocycles. The van der Waals surface area contributed by atoms with Crippen LogP contribution in [0.15, 0.2) is 24.3 Å². The van der Waals surface area contributed by atoms with Gasteiger partial charge < -0.3 is 10.6 Å². The van der Waals surface area contributed by atoms with Crippen molar-refractivity contribution in [2.24, 2.45) is 18.9 Å². The van der Waals surface area contributed by atoms with Gasteiger partial charge in [-0.2, -0.15) is 31.4 Å². The molecule has 5 nitrogen and oxygen atoms in total. The molecule has 0 atom stereocenters. The Morgan fingerprint density at radius 3 is 2.03 bits per heavy atom. The highest BCUT2D eigenvalue weighted by Gasteiger charge is 2.42. The molecule has 0 bridgehead atoms. The Bertz CT molecular complexity index is 1230. The molecule has 2 aliphatic carbocycles. The second-order valence-electron chi connectivity index (χ2n) is 9.94. The zero-order chi connectivity index (χ0) is 25.8. The number of benzene rings is 1. The van der Waals surface area contributed by atoms with Gasteiger partial charge in [0.2, 0.25) is 0 Å². The maximum absolute atomic E-state index is 13.2. The highest BCUT2D eigenvalue weighted by Crippen LogP contribution is 2.46. The fourth-order valence-corrected chi connectivity index (χ4v) is 4.80. The first-order valence-corrected chi connectivity index (χ1v) is 12.0. The van der Waals surface area contributed by atoms with Crippen LogP contribution in [0, 0.1) is 18.8 Å². The van der Waals surface area contributed by atoms with Crippen LogP contribution in [-0.4, -0.2) is 20.8 Å². The van der Waals surface area contributed by atoms with Crippen molar-refractivity contribution in [1.29, 1.82) is 0 Å². The third kappa shape index (κ3) is 5.30. The van der Waals surface area contributed by atoms with Gasteiger partial charge >= 0.3 is 12.4 Å². The Morgan fingerprint density at radius 2 is 1.50 bits per heavy atom. The minimum Gasteiger partial charge on any atom is -0.366 e. The van der Waals surface area contributed by atoms with Gasteiger partial charge in [0.25, 0.3) is 0 Å². The zero-order valence-corrected chi connectivity index (χ0v) is 19.9. The summed E-state index contributed by atoms with van der Waals surface area (Å²) in [4.78, 5) is 4.83. The molecule has 2 saturated carbocycles. The predicted molar refractivity (Wildman–Crippen MR) is 123 cm³/mol. The van der Waals surface area contributed by atoms with E-state index in [4.69, 9.17) is 4.98 Å². The first-order valence-electron chi connectivity index (χ1n) is 12.0. The number of aromatic nitrogens is 3. The lowest BCUT2D eigenvalue weighted by Crippen LogP contribution is -2.26. The molecule has 0 unspecified atom stereocenters. The number of halogens is 6. The highest BCUT2D eigenvalue weighted by molar-refractivity contribution is 5.81. The summed E-state index contributed by atoms with van der Waals surface area (Å²) in [6.07, 6.45) is -5.06. The lowest BCUT2D eigenvalue weighted by Gasteiger charge is -2.21. The minimum absolute atomic E-state index is 0.0907. The molecular formula is C25H27F6N5. The summed E-state index contributed by atoms with van der Waals surface area (Å²) in [6, 6.07) is 3.92. The first-order chi connectivity index (χ1) is 16.9. The number of anilines is 1. The van der Waals surface area contributed by atoms with Gasteiger partial charge in [0, 0.05) is 37.1 Å². The van der Waals surface area contributed by atoms with Crippen LogP contribution in [0.25, 0.3) is 11.0 Å². The number of pyridine rings is 1. The Morgan fingerprint density at radius 1 is 0.917 bits per heavy atom. The summed E-state index contributed by atoms with van der Waals surface area (Å²) in [5.74, 6) is 1.90. The van der Waals surface area contributed by atoms with Crippen molar-refractivity contribution < 1.29 is 26.3 Å². The molecule has 11 heteroatoms. The molecule has 0 saturated heterocycles. The zero-order valence-electron chi connectivity index (χ0n) is 19.9. The summed E-state index contributed by atoms with van der Waals surface area (Å²) >= 11 is 0. The molecule has 0 radical (unpaired) electrons. The van der Waals surface area contributed by atoms with E-state index in [0.29, 0.717) is 23.7 Å². The lowest BCUT2D eigenvalue weighted by molar-refractivity contribution is -0.143. The van der Waals surface area contributed by atoms with E-state index in [0.717, 1.165) is 34.4 Å². The van der Waals surface area contributed by atoms with Gasteiger partial charge in [-0.05, 0) is 74.3 Å². The Labute approximate surface area is 204 Å². The van der Waals surface area contributed by atoms with Gasteiger partial charge in [0.15, 0.2) is 5.65 Å². The lowest BCUT2D eigenvalue weighted by atomic mass is 10.0. The minimum atomic E-state index is -4.87. The van der Waals surface area contributed by atoms with Crippen LogP contribution in [-0.2, 0) is 32.5 Å². The van der Waals surface area contributed by atoms with E-state index < -0.39 is 23.5 Å². The van der Waals surface area contributed by atoms with Crippen LogP contribution in [0.1, 0.15) is 53.6 Å². The van der Waals surface area contributed by atoms with Crippen LogP contribution >= 0.6 is 0 Å². The van der Waals surface area contributed by atoms with E-state index in [2.05, 4.69) is 15.7 Å². The van der Waals surface area contributed by atoms with Gasteiger partial charge in [0.05, 0.1) is 16.8 Å². The van der Waals surface area contributed by atoms with E-state index in [1.54, 1.807) is 4.68 Å². The Balaban J connectivity index is 1.40. The molecule has 36 heavy (non-hydrogen) atoms. The van der Waals surface area contributed by atoms with E-state index in [-0.39, 0.29) is 24.7 Å². The SMILES string of the molecule is Cc1nn(C)c2nc(NC(C3CC3)C3CC3)c(CNCc3cc(C(F)(F)F)cc(C(F)(F)F)c3)cc12.